The summed E-state index contributed by atoms with van der Waals surface area (Å²) in [6, 6.07) is 10.4. The van der Waals surface area contributed by atoms with Crippen molar-refractivity contribution >= 4 is 33.3 Å². The summed E-state index contributed by atoms with van der Waals surface area (Å²) in [4.78, 5) is 22.7. The molecule has 0 aliphatic heterocycles. The molecule has 1 amide bonds. The molecule has 7 nitrogen and oxygen atoms in total. The summed E-state index contributed by atoms with van der Waals surface area (Å²) >= 11 is 0. The quantitative estimate of drug-likeness (QED) is 0.719. The van der Waals surface area contributed by atoms with Crippen LogP contribution in [0.2, 0.25) is 0 Å². The maximum absolute atomic E-state index is 12.9. The number of hydrogen-bond acceptors (Lipinski definition) is 5. The summed E-state index contributed by atoms with van der Waals surface area (Å²) in [6.07, 6.45) is -0.0881. The summed E-state index contributed by atoms with van der Waals surface area (Å²) < 4.78 is 44.2. The standard InChI is InChI=1S/C17H17FN2O5S/c1-25-17(22)11-10-16(21)19-13-6-8-15(9-7-13)26(23,24)20-14-4-2-12(18)3-5-14/h2-9,20H,10-11H2,1H3,(H,19,21). The topological polar surface area (TPSA) is 102 Å². The van der Waals surface area contributed by atoms with Crippen LogP contribution in [-0.4, -0.2) is 27.4 Å². The fourth-order valence-corrected chi connectivity index (χ4v) is 3.05. The zero-order valence-electron chi connectivity index (χ0n) is 13.9. The van der Waals surface area contributed by atoms with Crippen LogP contribution in [0.25, 0.3) is 0 Å². The maximum Gasteiger partial charge on any atom is 0.306 e. The number of methoxy groups -OCH3 is 1. The van der Waals surface area contributed by atoms with Gasteiger partial charge in [0.2, 0.25) is 5.91 Å². The van der Waals surface area contributed by atoms with E-state index in [0.29, 0.717) is 5.69 Å². The van der Waals surface area contributed by atoms with Gasteiger partial charge in [0.1, 0.15) is 5.82 Å². The highest BCUT2D eigenvalue weighted by Crippen LogP contribution is 2.18. The van der Waals surface area contributed by atoms with E-state index in [-0.39, 0.29) is 23.4 Å². The van der Waals surface area contributed by atoms with Crippen LogP contribution < -0.4 is 10.0 Å². The molecule has 0 heterocycles. The average Bonchev–Trinajstić information content (AvgIpc) is 2.62. The Balaban J connectivity index is 2.00. The molecule has 0 radical (unpaired) electrons. The first-order chi connectivity index (χ1) is 12.3. The van der Waals surface area contributed by atoms with E-state index in [2.05, 4.69) is 14.8 Å². The van der Waals surface area contributed by atoms with Gasteiger partial charge < -0.3 is 10.1 Å². The zero-order valence-corrected chi connectivity index (χ0v) is 14.7. The largest absolute Gasteiger partial charge is 0.469 e. The first-order valence-corrected chi connectivity index (χ1v) is 9.03. The summed E-state index contributed by atoms with van der Waals surface area (Å²) in [6.45, 7) is 0. The molecular formula is C17H17FN2O5S. The number of anilines is 2. The van der Waals surface area contributed by atoms with Gasteiger partial charge in [-0.05, 0) is 48.5 Å². The molecule has 0 aliphatic carbocycles. The summed E-state index contributed by atoms with van der Waals surface area (Å²) in [5.41, 5.74) is 0.618. The predicted molar refractivity (Wildman–Crippen MR) is 93.5 cm³/mol. The van der Waals surface area contributed by atoms with E-state index in [9.17, 15) is 22.4 Å². The van der Waals surface area contributed by atoms with Gasteiger partial charge in [-0.3, -0.25) is 14.3 Å². The van der Waals surface area contributed by atoms with Crippen molar-refractivity contribution < 1.29 is 27.1 Å². The van der Waals surface area contributed by atoms with E-state index in [1.165, 1.54) is 43.5 Å². The summed E-state index contributed by atoms with van der Waals surface area (Å²) in [5, 5.41) is 2.55. The van der Waals surface area contributed by atoms with Crippen molar-refractivity contribution in [2.75, 3.05) is 17.1 Å². The lowest BCUT2D eigenvalue weighted by Crippen LogP contribution is -2.15. The summed E-state index contributed by atoms with van der Waals surface area (Å²) in [5.74, 6) is -1.36. The van der Waals surface area contributed by atoms with E-state index < -0.39 is 27.7 Å². The van der Waals surface area contributed by atoms with Gasteiger partial charge in [-0.1, -0.05) is 0 Å². The van der Waals surface area contributed by atoms with Crippen molar-refractivity contribution in [3.05, 3.63) is 54.3 Å². The molecule has 9 heteroatoms. The first-order valence-electron chi connectivity index (χ1n) is 7.55. The van der Waals surface area contributed by atoms with Crippen LogP contribution in [0.15, 0.2) is 53.4 Å². The molecular weight excluding hydrogens is 363 g/mol. The van der Waals surface area contributed by atoms with Gasteiger partial charge in [0.15, 0.2) is 0 Å². The van der Waals surface area contributed by atoms with E-state index in [1.54, 1.807) is 0 Å². The van der Waals surface area contributed by atoms with Gasteiger partial charge in [0, 0.05) is 17.8 Å². The molecule has 2 N–H and O–H groups in total. The Labute approximate surface area is 150 Å². The minimum absolute atomic E-state index is 0.0191. The third-order valence-electron chi connectivity index (χ3n) is 3.33. The monoisotopic (exact) mass is 380 g/mol. The minimum atomic E-state index is -3.84. The van der Waals surface area contributed by atoms with Crippen LogP contribution in [0.5, 0.6) is 0 Å². The van der Waals surface area contributed by atoms with Gasteiger partial charge in [0.25, 0.3) is 10.0 Å². The van der Waals surface area contributed by atoms with Crippen molar-refractivity contribution in [2.24, 2.45) is 0 Å². The number of esters is 1. The van der Waals surface area contributed by atoms with Gasteiger partial charge in [-0.15, -0.1) is 0 Å². The van der Waals surface area contributed by atoms with E-state index in [0.717, 1.165) is 12.1 Å². The number of sulfonamides is 1. The normalized spacial score (nSPS) is 10.8. The Morgan fingerprint density at radius 3 is 2.12 bits per heavy atom. The van der Waals surface area contributed by atoms with Crippen molar-refractivity contribution in [1.29, 1.82) is 0 Å². The van der Waals surface area contributed by atoms with Gasteiger partial charge in [-0.2, -0.15) is 0 Å². The van der Waals surface area contributed by atoms with Crippen LogP contribution in [-0.2, 0) is 24.3 Å². The molecule has 0 saturated heterocycles. The smallest absolute Gasteiger partial charge is 0.306 e. The molecule has 0 spiro atoms. The van der Waals surface area contributed by atoms with Gasteiger partial charge >= 0.3 is 5.97 Å². The number of hydrogen-bond donors (Lipinski definition) is 2. The molecule has 0 saturated carbocycles. The van der Waals surface area contributed by atoms with Crippen molar-refractivity contribution in [3.63, 3.8) is 0 Å². The van der Waals surface area contributed by atoms with Crippen LogP contribution in [0.3, 0.4) is 0 Å². The lowest BCUT2D eigenvalue weighted by molar-refractivity contribution is -0.141. The maximum atomic E-state index is 12.9. The molecule has 0 atom stereocenters. The lowest BCUT2D eigenvalue weighted by Gasteiger charge is -2.09. The molecule has 0 bridgehead atoms. The second kappa shape index (κ2) is 8.43. The molecule has 0 unspecified atom stereocenters. The summed E-state index contributed by atoms with van der Waals surface area (Å²) in [7, 11) is -2.61. The number of rotatable bonds is 7. The van der Waals surface area contributed by atoms with Crippen LogP contribution in [0.1, 0.15) is 12.8 Å². The molecule has 2 rings (SSSR count). The lowest BCUT2D eigenvalue weighted by atomic mass is 10.2. The Morgan fingerprint density at radius 1 is 0.962 bits per heavy atom. The van der Waals surface area contributed by atoms with Crippen molar-refractivity contribution in [2.45, 2.75) is 17.7 Å². The fraction of sp³-hybridized carbons (Fsp3) is 0.176. The third-order valence-corrected chi connectivity index (χ3v) is 4.73. The van der Waals surface area contributed by atoms with Crippen LogP contribution in [0.4, 0.5) is 15.8 Å². The van der Waals surface area contributed by atoms with E-state index >= 15 is 0 Å². The highest BCUT2D eigenvalue weighted by molar-refractivity contribution is 7.92. The van der Waals surface area contributed by atoms with Gasteiger partial charge in [-0.25, -0.2) is 12.8 Å². The molecule has 2 aromatic carbocycles. The molecule has 0 aromatic heterocycles. The Hall–Kier alpha value is -2.94. The third kappa shape index (κ3) is 5.55. The SMILES string of the molecule is COC(=O)CCC(=O)Nc1ccc(S(=O)(=O)Nc2ccc(F)cc2)cc1. The van der Waals surface area contributed by atoms with E-state index in [4.69, 9.17) is 0 Å². The molecule has 0 aliphatic rings. The average molecular weight is 380 g/mol. The first kappa shape index (κ1) is 19.4. The Bertz CT molecular complexity index is 880. The van der Waals surface area contributed by atoms with Crippen LogP contribution in [0, 0.1) is 5.82 Å². The molecule has 2 aromatic rings. The molecule has 138 valence electrons. The zero-order chi connectivity index (χ0) is 19.2. The highest BCUT2D eigenvalue weighted by Gasteiger charge is 2.14. The molecule has 26 heavy (non-hydrogen) atoms. The second-order valence-electron chi connectivity index (χ2n) is 5.26. The number of nitrogens with one attached hydrogen (secondary N) is 2. The highest BCUT2D eigenvalue weighted by atomic mass is 32.2. The minimum Gasteiger partial charge on any atom is -0.469 e. The van der Waals surface area contributed by atoms with Crippen molar-refractivity contribution in [3.8, 4) is 0 Å². The number of carbonyl (C=O) groups is 2. The van der Waals surface area contributed by atoms with E-state index in [1.807, 2.05) is 0 Å². The number of halogens is 1. The molecule has 0 fully saturated rings. The number of carbonyl (C=O) groups excluding carboxylic acids is 2. The Morgan fingerprint density at radius 2 is 1.54 bits per heavy atom. The number of benzene rings is 2. The predicted octanol–water partition coefficient (Wildman–Crippen LogP) is 2.52. The van der Waals surface area contributed by atoms with Gasteiger partial charge in [0.05, 0.1) is 18.4 Å². The second-order valence-corrected chi connectivity index (χ2v) is 6.94. The number of ether oxygens (including phenoxy) is 1. The van der Waals surface area contributed by atoms with Crippen LogP contribution >= 0.6 is 0 Å². The Kier molecular flexibility index (Phi) is 6.29. The number of amides is 1. The van der Waals surface area contributed by atoms with Crippen molar-refractivity contribution in [1.82, 2.24) is 0 Å². The fourth-order valence-electron chi connectivity index (χ4n) is 1.99.